The molecule has 2 aliphatic rings. The third-order valence-electron chi connectivity index (χ3n) is 3.59. The monoisotopic (exact) mass is 283 g/mol. The van der Waals surface area contributed by atoms with E-state index in [9.17, 15) is 4.79 Å². The quantitative estimate of drug-likeness (QED) is 0.749. The van der Waals surface area contributed by atoms with E-state index in [4.69, 9.17) is 16.3 Å². The average molecular weight is 284 g/mol. The van der Waals surface area contributed by atoms with Crippen molar-refractivity contribution in [3.05, 3.63) is 64.2 Å². The predicted octanol–water partition coefficient (Wildman–Crippen LogP) is 3.69. The molecule has 1 amide bonds. The number of halogens is 1. The van der Waals surface area contributed by atoms with Gasteiger partial charge in [-0.2, -0.15) is 0 Å². The van der Waals surface area contributed by atoms with Crippen LogP contribution in [-0.4, -0.2) is 5.91 Å². The summed E-state index contributed by atoms with van der Waals surface area (Å²) in [6.45, 7) is 0.498. The van der Waals surface area contributed by atoms with Crippen LogP contribution in [0.15, 0.2) is 42.5 Å². The number of hydrogen-bond acceptors (Lipinski definition) is 2. The van der Waals surface area contributed by atoms with Crippen LogP contribution in [0.4, 0.5) is 5.69 Å². The zero-order valence-electron chi connectivity index (χ0n) is 10.4. The van der Waals surface area contributed by atoms with Gasteiger partial charge in [-0.15, -0.1) is 0 Å². The highest BCUT2D eigenvalue weighted by atomic mass is 35.5. The highest BCUT2D eigenvalue weighted by molar-refractivity contribution is 6.37. The Bertz CT molecular complexity index is 780. The Kier molecular flexibility index (Phi) is 2.38. The van der Waals surface area contributed by atoms with Crippen LogP contribution in [-0.2, 0) is 16.1 Å². The summed E-state index contributed by atoms with van der Waals surface area (Å²) < 4.78 is 5.75. The van der Waals surface area contributed by atoms with Crippen LogP contribution in [0, 0.1) is 0 Å². The second kappa shape index (κ2) is 4.12. The van der Waals surface area contributed by atoms with Gasteiger partial charge >= 0.3 is 0 Å². The molecule has 0 spiro atoms. The summed E-state index contributed by atoms with van der Waals surface area (Å²) in [7, 11) is 0. The fourth-order valence-corrected chi connectivity index (χ4v) is 2.84. The van der Waals surface area contributed by atoms with Crippen LogP contribution in [0.3, 0.4) is 0 Å². The van der Waals surface area contributed by atoms with E-state index in [-0.39, 0.29) is 5.91 Å². The van der Waals surface area contributed by atoms with Crippen molar-refractivity contribution in [2.75, 3.05) is 5.32 Å². The van der Waals surface area contributed by atoms with E-state index < -0.39 is 0 Å². The van der Waals surface area contributed by atoms with Gasteiger partial charge in [-0.05, 0) is 18.2 Å². The second-order valence-electron chi connectivity index (χ2n) is 4.79. The standard InChI is InChI=1S/C16H10ClNO2/c17-10-5-6-13-12(7-10)14(16(19)18-13)15-11-4-2-1-3-9(11)8-20-15/h1-7H,8H2,(H,18,19)/b15-14+. The van der Waals surface area contributed by atoms with E-state index in [0.29, 0.717) is 23.0 Å². The molecule has 2 aromatic rings. The molecular weight excluding hydrogens is 274 g/mol. The van der Waals surface area contributed by atoms with Crippen molar-refractivity contribution in [1.29, 1.82) is 0 Å². The van der Waals surface area contributed by atoms with Gasteiger partial charge < -0.3 is 10.1 Å². The Morgan fingerprint density at radius 3 is 2.85 bits per heavy atom. The molecular formula is C16H10ClNO2. The van der Waals surface area contributed by atoms with Crippen LogP contribution in [0.25, 0.3) is 11.3 Å². The Morgan fingerprint density at radius 1 is 1.10 bits per heavy atom. The molecule has 4 heteroatoms. The van der Waals surface area contributed by atoms with Gasteiger partial charge in [0.2, 0.25) is 0 Å². The second-order valence-corrected chi connectivity index (χ2v) is 5.23. The fourth-order valence-electron chi connectivity index (χ4n) is 2.67. The van der Waals surface area contributed by atoms with Crippen molar-refractivity contribution >= 4 is 34.5 Å². The SMILES string of the molecule is O=C1Nc2ccc(Cl)cc2/C1=C1\OCc2ccccc21. The number of rotatable bonds is 0. The number of amides is 1. The summed E-state index contributed by atoms with van der Waals surface area (Å²) >= 11 is 6.04. The maximum atomic E-state index is 12.2. The number of carbonyl (C=O) groups excluding carboxylic acids is 1. The summed E-state index contributed by atoms with van der Waals surface area (Å²) in [5.41, 5.74) is 4.21. The van der Waals surface area contributed by atoms with Crippen LogP contribution in [0.2, 0.25) is 5.02 Å². The maximum Gasteiger partial charge on any atom is 0.260 e. The minimum atomic E-state index is -0.144. The summed E-state index contributed by atoms with van der Waals surface area (Å²) in [5, 5.41) is 3.45. The number of benzene rings is 2. The van der Waals surface area contributed by atoms with Gasteiger partial charge in [-0.1, -0.05) is 35.9 Å². The Morgan fingerprint density at radius 2 is 1.95 bits per heavy atom. The zero-order valence-corrected chi connectivity index (χ0v) is 11.2. The van der Waals surface area contributed by atoms with E-state index in [1.165, 1.54) is 0 Å². The lowest BCUT2D eigenvalue weighted by atomic mass is 10.0. The topological polar surface area (TPSA) is 38.3 Å². The molecule has 20 heavy (non-hydrogen) atoms. The van der Waals surface area contributed by atoms with Gasteiger partial charge in [-0.25, -0.2) is 0 Å². The molecule has 0 atom stereocenters. The molecule has 0 aliphatic carbocycles. The molecule has 0 saturated heterocycles. The predicted molar refractivity (Wildman–Crippen MR) is 78.1 cm³/mol. The van der Waals surface area contributed by atoms with Crippen molar-refractivity contribution in [3.8, 4) is 0 Å². The normalized spacial score (nSPS) is 19.4. The molecule has 1 N–H and O–H groups in total. The molecule has 2 aromatic carbocycles. The Hall–Kier alpha value is -2.26. The largest absolute Gasteiger partial charge is 0.487 e. The lowest BCUT2D eigenvalue weighted by Gasteiger charge is -2.05. The van der Waals surface area contributed by atoms with Crippen LogP contribution in [0.5, 0.6) is 0 Å². The number of carbonyl (C=O) groups is 1. The fraction of sp³-hybridized carbons (Fsp3) is 0.0625. The Labute approximate surface area is 120 Å². The maximum absolute atomic E-state index is 12.2. The number of fused-ring (bicyclic) bond motifs is 2. The Balaban J connectivity index is 1.98. The number of nitrogens with one attached hydrogen (secondary N) is 1. The van der Waals surface area contributed by atoms with E-state index in [0.717, 1.165) is 22.4 Å². The smallest absolute Gasteiger partial charge is 0.260 e. The third kappa shape index (κ3) is 1.57. The molecule has 0 fully saturated rings. The summed E-state index contributed by atoms with van der Waals surface area (Å²) in [6, 6.07) is 13.3. The highest BCUT2D eigenvalue weighted by Gasteiger charge is 2.32. The molecule has 2 heterocycles. The molecule has 0 aromatic heterocycles. The van der Waals surface area contributed by atoms with E-state index >= 15 is 0 Å². The first-order valence-electron chi connectivity index (χ1n) is 6.30. The van der Waals surface area contributed by atoms with E-state index in [1.807, 2.05) is 30.3 Å². The molecule has 98 valence electrons. The number of hydrogen-bond donors (Lipinski definition) is 1. The van der Waals surface area contributed by atoms with E-state index in [2.05, 4.69) is 5.32 Å². The van der Waals surface area contributed by atoms with Crippen molar-refractivity contribution in [2.45, 2.75) is 6.61 Å². The molecule has 4 rings (SSSR count). The average Bonchev–Trinajstić information content (AvgIpc) is 2.99. The number of anilines is 1. The first kappa shape index (κ1) is 11.6. The minimum Gasteiger partial charge on any atom is -0.487 e. The van der Waals surface area contributed by atoms with Gasteiger partial charge in [0.25, 0.3) is 5.91 Å². The highest BCUT2D eigenvalue weighted by Crippen LogP contribution is 2.42. The minimum absolute atomic E-state index is 0.144. The van der Waals surface area contributed by atoms with Crippen molar-refractivity contribution in [3.63, 3.8) is 0 Å². The molecule has 0 radical (unpaired) electrons. The van der Waals surface area contributed by atoms with Gasteiger partial charge in [0.05, 0.1) is 5.57 Å². The van der Waals surface area contributed by atoms with Crippen LogP contribution >= 0.6 is 11.6 Å². The first-order valence-corrected chi connectivity index (χ1v) is 6.68. The first-order chi connectivity index (χ1) is 9.74. The molecule has 0 saturated carbocycles. The van der Waals surface area contributed by atoms with Gasteiger partial charge in [0.15, 0.2) is 0 Å². The van der Waals surface area contributed by atoms with Crippen LogP contribution < -0.4 is 5.32 Å². The molecule has 0 bridgehead atoms. The summed E-state index contributed by atoms with van der Waals surface area (Å²) in [5.74, 6) is 0.494. The van der Waals surface area contributed by atoms with Crippen LogP contribution in [0.1, 0.15) is 16.7 Å². The number of ether oxygens (including phenoxy) is 1. The molecule has 2 aliphatic heterocycles. The lowest BCUT2D eigenvalue weighted by Crippen LogP contribution is -2.05. The van der Waals surface area contributed by atoms with Crippen molar-refractivity contribution < 1.29 is 9.53 Å². The van der Waals surface area contributed by atoms with Gasteiger partial charge in [0, 0.05) is 27.4 Å². The molecule has 3 nitrogen and oxygen atoms in total. The zero-order chi connectivity index (χ0) is 13.7. The van der Waals surface area contributed by atoms with Gasteiger partial charge in [-0.3, -0.25) is 4.79 Å². The summed E-state index contributed by atoms with van der Waals surface area (Å²) in [4.78, 5) is 12.2. The van der Waals surface area contributed by atoms with Gasteiger partial charge in [0.1, 0.15) is 12.4 Å². The van der Waals surface area contributed by atoms with Crippen molar-refractivity contribution in [2.24, 2.45) is 0 Å². The van der Waals surface area contributed by atoms with E-state index in [1.54, 1.807) is 12.1 Å². The molecule has 0 unspecified atom stereocenters. The van der Waals surface area contributed by atoms with Crippen molar-refractivity contribution in [1.82, 2.24) is 0 Å². The third-order valence-corrected chi connectivity index (χ3v) is 3.82. The lowest BCUT2D eigenvalue weighted by molar-refractivity contribution is -0.110. The summed E-state index contributed by atoms with van der Waals surface area (Å²) in [6.07, 6.45) is 0.